The van der Waals surface area contributed by atoms with Gasteiger partial charge in [0.05, 0.1) is 0 Å². The lowest BCUT2D eigenvalue weighted by molar-refractivity contribution is -0.155. The monoisotopic (exact) mass is 1180 g/mol. The molecule has 0 saturated heterocycles. The zero-order valence-corrected chi connectivity index (χ0v) is 65.2. The highest BCUT2D eigenvalue weighted by Gasteiger charge is 2.66. The largest absolute Gasteiger partial charge is 0.0946 e. The van der Waals surface area contributed by atoms with Gasteiger partial charge in [-0.2, -0.15) is 0 Å². The molecular formula is C87H136. The molecule has 4 unspecified atom stereocenters. The predicted octanol–water partition coefficient (Wildman–Crippen LogP) is 27.1. The second kappa shape index (κ2) is 20.6. The van der Waals surface area contributed by atoms with E-state index in [1.54, 1.807) is 50.1 Å². The summed E-state index contributed by atoms with van der Waals surface area (Å²) in [6.45, 7) is 116. The fourth-order valence-corrected chi connectivity index (χ4v) is 19.8. The molecule has 0 nitrogen and oxygen atoms in total. The minimum atomic E-state index is -0.303. The van der Waals surface area contributed by atoms with Crippen LogP contribution in [-0.4, -0.2) is 0 Å². The van der Waals surface area contributed by atoms with Crippen molar-refractivity contribution >= 4 is 11.1 Å². The molecule has 0 fully saturated rings. The Morgan fingerprint density at radius 3 is 0.989 bits per heavy atom. The Kier molecular flexibility index (Phi) is 16.8. The molecule has 0 heteroatoms. The highest BCUT2D eigenvalue weighted by Crippen LogP contribution is 2.74. The Labute approximate surface area is 540 Å². The van der Waals surface area contributed by atoms with Crippen molar-refractivity contribution in [1.82, 2.24) is 0 Å². The van der Waals surface area contributed by atoms with Crippen LogP contribution in [0.25, 0.3) is 11.1 Å². The van der Waals surface area contributed by atoms with Crippen LogP contribution >= 0.6 is 0 Å². The third kappa shape index (κ3) is 8.97. The Bertz CT molecular complexity index is 3420. The van der Waals surface area contributed by atoms with Gasteiger partial charge in [0, 0.05) is 23.7 Å². The van der Waals surface area contributed by atoms with Crippen molar-refractivity contribution in [2.75, 3.05) is 0 Å². The maximum atomic E-state index is 5.03. The van der Waals surface area contributed by atoms with Crippen LogP contribution in [0.3, 0.4) is 0 Å². The molecule has 87 heavy (non-hydrogen) atoms. The van der Waals surface area contributed by atoms with Crippen molar-refractivity contribution in [2.45, 2.75) is 319 Å². The third-order valence-corrected chi connectivity index (χ3v) is 31.9. The fraction of sp³-hybridized carbons (Fsp3) is 0.701. The molecule has 0 radical (unpaired) electrons. The standard InChI is InChI=1S/C87H136/c1-46(2)62-65(61-45-60(50(6)51(61)7)64-53(9)55(11)66-63(52(8)54(10)67(64)66)59-44-47(3)48(4)49(59)5)58(14)69-70(62)73(78(24,25)82(32,33)86(40,41)84(36,37)80(28,29)76(18,19)20)68-56(12)57(13)72(75(15,16)17)71(68)74(69)79(26,27)83(34,35)87(42,43)85(38,39)81(30,31)77(21,22)23/h46,52-53,62,72H,10-11,44-45H2,1-9,12-43H3. The second-order valence-electron chi connectivity index (χ2n) is 39.1. The summed E-state index contributed by atoms with van der Waals surface area (Å²) in [5.41, 5.74) is 35.1. The van der Waals surface area contributed by atoms with Gasteiger partial charge >= 0.3 is 0 Å². The third-order valence-electron chi connectivity index (χ3n) is 31.9. The van der Waals surface area contributed by atoms with Crippen molar-refractivity contribution in [3.8, 4) is 0 Å². The fourth-order valence-electron chi connectivity index (χ4n) is 19.8. The summed E-state index contributed by atoms with van der Waals surface area (Å²) in [6.07, 6.45) is 1.97. The molecule has 0 N–H and O–H groups in total. The van der Waals surface area contributed by atoms with Gasteiger partial charge in [0.15, 0.2) is 0 Å². The first-order valence-electron chi connectivity index (χ1n) is 34.9. The van der Waals surface area contributed by atoms with E-state index in [1.807, 2.05) is 0 Å². The summed E-state index contributed by atoms with van der Waals surface area (Å²) in [4.78, 5) is 0. The van der Waals surface area contributed by atoms with Crippen LogP contribution in [0.2, 0.25) is 0 Å². The average Bonchev–Trinajstić information content (AvgIpc) is 1.76. The molecule has 0 aliphatic heterocycles. The molecule has 0 saturated carbocycles. The van der Waals surface area contributed by atoms with Crippen molar-refractivity contribution in [3.63, 3.8) is 0 Å². The van der Waals surface area contributed by atoms with E-state index in [9.17, 15) is 0 Å². The molecule has 1 aromatic rings. The van der Waals surface area contributed by atoms with Crippen LogP contribution in [0, 0.1) is 77.3 Å². The predicted molar refractivity (Wildman–Crippen MR) is 389 cm³/mol. The van der Waals surface area contributed by atoms with E-state index < -0.39 is 0 Å². The quantitative estimate of drug-likeness (QED) is 0.174. The second-order valence-corrected chi connectivity index (χ2v) is 39.1. The van der Waals surface area contributed by atoms with E-state index in [-0.39, 0.29) is 94.1 Å². The Balaban J connectivity index is 1.67. The van der Waals surface area contributed by atoms with Crippen molar-refractivity contribution in [3.05, 3.63) is 136 Å². The minimum Gasteiger partial charge on any atom is -0.0946 e. The highest BCUT2D eigenvalue weighted by molar-refractivity contribution is 5.93. The first-order valence-corrected chi connectivity index (χ1v) is 34.9. The molecule has 484 valence electrons. The lowest BCUT2D eigenvalue weighted by atomic mass is 9.38. The zero-order chi connectivity index (χ0) is 67.7. The van der Waals surface area contributed by atoms with E-state index in [2.05, 4.69) is 284 Å². The molecule has 0 aromatic heterocycles. The lowest BCUT2D eigenvalue weighted by Gasteiger charge is -2.66. The summed E-state index contributed by atoms with van der Waals surface area (Å²) in [6, 6.07) is 0. The number of fused-ring (bicyclic) bond motifs is 3. The molecule has 6 aliphatic rings. The van der Waals surface area contributed by atoms with E-state index in [0.29, 0.717) is 5.92 Å². The molecule has 1 aromatic carbocycles. The number of allylic oxidation sites excluding steroid dienone is 18. The highest BCUT2D eigenvalue weighted by atomic mass is 14.7. The van der Waals surface area contributed by atoms with Crippen LogP contribution in [-0.2, 0) is 10.8 Å². The van der Waals surface area contributed by atoms with E-state index >= 15 is 0 Å². The van der Waals surface area contributed by atoms with Crippen molar-refractivity contribution in [2.24, 2.45) is 77.3 Å². The normalized spacial score (nSPS) is 23.1. The van der Waals surface area contributed by atoms with E-state index in [0.717, 1.165) is 12.8 Å². The summed E-state index contributed by atoms with van der Waals surface area (Å²) in [5, 5.41) is 0. The summed E-state index contributed by atoms with van der Waals surface area (Å²) in [5.74, 6) is 1.24. The van der Waals surface area contributed by atoms with Gasteiger partial charge in [-0.25, -0.2) is 0 Å². The van der Waals surface area contributed by atoms with Crippen LogP contribution < -0.4 is 0 Å². The average molecular weight is 1180 g/mol. The molecule has 0 bridgehead atoms. The molecular weight excluding hydrogens is 1040 g/mol. The smallest absolute Gasteiger partial charge is 0.0127 e. The van der Waals surface area contributed by atoms with Crippen LogP contribution in [0.5, 0.6) is 0 Å². The summed E-state index contributed by atoms with van der Waals surface area (Å²) < 4.78 is 0. The summed E-state index contributed by atoms with van der Waals surface area (Å²) in [7, 11) is 0. The molecule has 0 heterocycles. The van der Waals surface area contributed by atoms with Crippen LogP contribution in [0.1, 0.15) is 342 Å². The van der Waals surface area contributed by atoms with Gasteiger partial charge in [-0.05, 0) is 267 Å². The number of rotatable bonds is 14. The topological polar surface area (TPSA) is 0 Å². The Hall–Kier alpha value is -3.38. The maximum absolute atomic E-state index is 5.03. The first-order chi connectivity index (χ1) is 38.6. The number of benzene rings is 1. The Morgan fingerprint density at radius 2 is 0.667 bits per heavy atom. The van der Waals surface area contributed by atoms with Gasteiger partial charge in [0.2, 0.25) is 0 Å². The van der Waals surface area contributed by atoms with Crippen molar-refractivity contribution in [1.29, 1.82) is 0 Å². The van der Waals surface area contributed by atoms with Gasteiger partial charge in [-0.15, -0.1) is 0 Å². The zero-order valence-electron chi connectivity index (χ0n) is 65.2. The molecule has 4 atom stereocenters. The van der Waals surface area contributed by atoms with Crippen molar-refractivity contribution < 1.29 is 0 Å². The van der Waals surface area contributed by atoms with Gasteiger partial charge in [-0.3, -0.25) is 0 Å². The van der Waals surface area contributed by atoms with Gasteiger partial charge in [0.25, 0.3) is 0 Å². The van der Waals surface area contributed by atoms with Gasteiger partial charge in [-0.1, -0.05) is 253 Å². The van der Waals surface area contributed by atoms with Gasteiger partial charge < -0.3 is 0 Å². The number of hydrogen-bond donors (Lipinski definition) is 0. The molecule has 0 spiro atoms. The maximum Gasteiger partial charge on any atom is 0.0127 e. The van der Waals surface area contributed by atoms with Gasteiger partial charge in [0.1, 0.15) is 0 Å². The van der Waals surface area contributed by atoms with Crippen LogP contribution in [0.4, 0.5) is 0 Å². The summed E-state index contributed by atoms with van der Waals surface area (Å²) >= 11 is 0. The van der Waals surface area contributed by atoms with E-state index in [4.69, 9.17) is 13.2 Å². The van der Waals surface area contributed by atoms with Crippen LogP contribution in [0.15, 0.2) is 102 Å². The number of hydrogen-bond acceptors (Lipinski definition) is 0. The lowest BCUT2D eigenvalue weighted by Crippen LogP contribution is -2.60. The first kappa shape index (κ1) is 71.1. The molecule has 7 rings (SSSR count). The Morgan fingerprint density at radius 1 is 0.356 bits per heavy atom. The minimum absolute atomic E-state index is 0.00824. The van der Waals surface area contributed by atoms with E-state index in [1.165, 1.54) is 83.6 Å². The molecule has 0 amide bonds. The molecule has 6 aliphatic carbocycles. The SMILES string of the molecule is C=C1C2=C(C3=C(C)C(C)=C(C4=C(C)c5c(c(C(C)(C)C(C)(C)C(C)(C)C(C)(C)C(C)(C)C(C)(C)C)c6c(c5C(C)(C)C(C)(C)C(C)(C)C(C)(C)C(C)(C)C(C)(C)C)C(C(C)(C)C)C(C)=C6C)C4C(C)C)C3)C(C)C(=C)C2=C(C2=C(C)C(C)=C(C)C2)C1C.